The van der Waals surface area contributed by atoms with E-state index in [9.17, 15) is 18.0 Å². The maximum Gasteiger partial charge on any atom is 0.416 e. The summed E-state index contributed by atoms with van der Waals surface area (Å²) in [4.78, 5) is 28.2. The van der Waals surface area contributed by atoms with Crippen molar-refractivity contribution in [1.29, 1.82) is 0 Å². The average molecular weight is 593 g/mol. The highest BCUT2D eigenvalue weighted by Gasteiger charge is 2.34. The summed E-state index contributed by atoms with van der Waals surface area (Å²) in [6.45, 7) is 6.51. The first-order valence-electron chi connectivity index (χ1n) is 14.4. The SMILES string of the molecule is COc1cc(N2CCN(c3ncnc(C(=O)N4CCC(NC5CCOCC5OC)CC4)c3C)CC2)cc(C(F)(F)F)c1. The summed E-state index contributed by atoms with van der Waals surface area (Å²) in [5.41, 5.74) is 0.822. The topological polar surface area (TPSA) is 92.3 Å². The van der Waals surface area contributed by atoms with Gasteiger partial charge in [-0.2, -0.15) is 13.2 Å². The number of rotatable bonds is 7. The Morgan fingerprint density at radius 2 is 1.71 bits per heavy atom. The molecule has 5 rings (SSSR count). The van der Waals surface area contributed by atoms with Crippen molar-refractivity contribution >= 4 is 17.4 Å². The predicted molar refractivity (Wildman–Crippen MR) is 151 cm³/mol. The Balaban J connectivity index is 1.19. The van der Waals surface area contributed by atoms with E-state index in [4.69, 9.17) is 14.2 Å². The molecule has 2 unspecified atom stereocenters. The molecule has 3 aliphatic heterocycles. The van der Waals surface area contributed by atoms with Crippen molar-refractivity contribution in [2.75, 3.05) is 76.5 Å². The summed E-state index contributed by atoms with van der Waals surface area (Å²) < 4.78 is 56.5. The van der Waals surface area contributed by atoms with Crippen molar-refractivity contribution in [3.63, 3.8) is 0 Å². The molecule has 3 saturated heterocycles. The molecule has 0 bridgehead atoms. The molecule has 0 aliphatic carbocycles. The third kappa shape index (κ3) is 6.73. The number of amides is 1. The highest BCUT2D eigenvalue weighted by molar-refractivity contribution is 5.94. The van der Waals surface area contributed by atoms with Crippen LogP contribution in [0.2, 0.25) is 0 Å². The maximum atomic E-state index is 13.5. The Bertz CT molecular complexity index is 1230. The number of piperidine rings is 1. The highest BCUT2D eigenvalue weighted by Crippen LogP contribution is 2.36. The number of likely N-dealkylation sites (tertiary alicyclic amines) is 1. The average Bonchev–Trinajstić information content (AvgIpc) is 3.01. The van der Waals surface area contributed by atoms with Crippen LogP contribution in [0.25, 0.3) is 0 Å². The first-order chi connectivity index (χ1) is 20.2. The van der Waals surface area contributed by atoms with Gasteiger partial charge in [-0.25, -0.2) is 9.97 Å². The fraction of sp³-hybridized carbons (Fsp3) is 0.621. The van der Waals surface area contributed by atoms with Crippen LogP contribution in [0.3, 0.4) is 0 Å². The van der Waals surface area contributed by atoms with Gasteiger partial charge in [-0.3, -0.25) is 4.79 Å². The van der Waals surface area contributed by atoms with Crippen LogP contribution in [0.4, 0.5) is 24.7 Å². The minimum absolute atomic E-state index is 0.0373. The smallest absolute Gasteiger partial charge is 0.416 e. The number of alkyl halides is 3. The number of benzene rings is 1. The molecule has 2 atom stereocenters. The lowest BCUT2D eigenvalue weighted by atomic mass is 9.99. The van der Waals surface area contributed by atoms with E-state index in [2.05, 4.69) is 20.2 Å². The standard InChI is InChI=1S/C29H39F3N6O4/c1-19-26(28(39)38-7-4-21(5-8-38)35-24-6-13-42-17-25(24)41-3)33-18-34-27(19)37-11-9-36(10-12-37)22-14-20(29(30,31)32)15-23(16-22)40-2/h14-16,18,21,24-25,35H,4-13,17H2,1-3H3. The Labute approximate surface area is 244 Å². The molecular formula is C29H39F3N6O4. The Hall–Kier alpha value is -3.16. The number of aromatic nitrogens is 2. The van der Waals surface area contributed by atoms with Crippen molar-refractivity contribution in [1.82, 2.24) is 20.2 Å². The number of nitrogens with one attached hydrogen (secondary N) is 1. The zero-order valence-corrected chi connectivity index (χ0v) is 24.3. The zero-order valence-electron chi connectivity index (χ0n) is 24.3. The summed E-state index contributed by atoms with van der Waals surface area (Å²) in [6.07, 6.45) is -0.407. The van der Waals surface area contributed by atoms with Crippen molar-refractivity contribution in [2.45, 2.75) is 50.6 Å². The van der Waals surface area contributed by atoms with Gasteiger partial charge in [-0.05, 0) is 38.3 Å². The summed E-state index contributed by atoms with van der Waals surface area (Å²) in [6, 6.07) is 4.34. The van der Waals surface area contributed by atoms with Crippen LogP contribution >= 0.6 is 0 Å². The van der Waals surface area contributed by atoms with Crippen LogP contribution in [0.5, 0.6) is 5.75 Å². The fourth-order valence-electron chi connectivity index (χ4n) is 6.04. The van der Waals surface area contributed by atoms with E-state index in [-0.39, 0.29) is 23.8 Å². The summed E-state index contributed by atoms with van der Waals surface area (Å²) in [7, 11) is 3.07. The van der Waals surface area contributed by atoms with Gasteiger partial charge in [-0.15, -0.1) is 0 Å². The van der Waals surface area contributed by atoms with E-state index in [1.54, 1.807) is 13.2 Å². The number of methoxy groups -OCH3 is 2. The Kier molecular flexibility index (Phi) is 9.38. The van der Waals surface area contributed by atoms with Gasteiger partial charge >= 0.3 is 6.18 Å². The molecular weight excluding hydrogens is 553 g/mol. The molecule has 13 heteroatoms. The van der Waals surface area contributed by atoms with Crippen LogP contribution in [-0.4, -0.2) is 106 Å². The Morgan fingerprint density at radius 3 is 2.38 bits per heavy atom. The van der Waals surface area contributed by atoms with Crippen molar-refractivity contribution < 1.29 is 32.2 Å². The number of carbonyl (C=O) groups is 1. The molecule has 1 N–H and O–H groups in total. The first-order valence-corrected chi connectivity index (χ1v) is 14.4. The van der Waals surface area contributed by atoms with Gasteiger partial charge in [0.25, 0.3) is 5.91 Å². The molecule has 42 heavy (non-hydrogen) atoms. The van der Waals surface area contributed by atoms with Crippen molar-refractivity contribution in [3.8, 4) is 5.75 Å². The van der Waals surface area contributed by atoms with Gasteiger partial charge in [0.1, 0.15) is 23.6 Å². The number of hydrogen-bond acceptors (Lipinski definition) is 9. The second kappa shape index (κ2) is 13.0. The van der Waals surface area contributed by atoms with Crippen molar-refractivity contribution in [3.05, 3.63) is 41.3 Å². The van der Waals surface area contributed by atoms with Crippen molar-refractivity contribution in [2.24, 2.45) is 0 Å². The monoisotopic (exact) mass is 592 g/mol. The molecule has 10 nitrogen and oxygen atoms in total. The lowest BCUT2D eigenvalue weighted by molar-refractivity contribution is -0.137. The van der Waals surface area contributed by atoms with Crippen LogP contribution in [0.1, 0.15) is 40.9 Å². The van der Waals surface area contributed by atoms with E-state index in [0.717, 1.165) is 38.0 Å². The van der Waals surface area contributed by atoms with Crippen LogP contribution in [-0.2, 0) is 15.7 Å². The molecule has 3 fully saturated rings. The molecule has 2 aromatic rings. The number of halogens is 3. The summed E-state index contributed by atoms with van der Waals surface area (Å²) in [5, 5.41) is 3.71. The number of ether oxygens (including phenoxy) is 3. The molecule has 1 amide bonds. The van der Waals surface area contributed by atoms with Gasteiger partial charge < -0.3 is 34.2 Å². The molecule has 1 aromatic heterocycles. The number of nitrogens with zero attached hydrogens (tertiary/aromatic N) is 5. The van der Waals surface area contributed by atoms with Crippen LogP contribution < -0.4 is 19.9 Å². The quantitative estimate of drug-likeness (QED) is 0.521. The zero-order chi connectivity index (χ0) is 29.9. The number of piperazine rings is 1. The molecule has 4 heterocycles. The minimum Gasteiger partial charge on any atom is -0.497 e. The van der Waals surface area contributed by atoms with E-state index < -0.39 is 11.7 Å². The lowest BCUT2D eigenvalue weighted by Gasteiger charge is -2.38. The van der Waals surface area contributed by atoms with E-state index in [0.29, 0.717) is 74.7 Å². The van der Waals surface area contributed by atoms with Gasteiger partial charge in [-0.1, -0.05) is 0 Å². The second-order valence-electron chi connectivity index (χ2n) is 11.0. The third-order valence-electron chi connectivity index (χ3n) is 8.50. The third-order valence-corrected chi connectivity index (χ3v) is 8.50. The molecule has 3 aliphatic rings. The second-order valence-corrected chi connectivity index (χ2v) is 11.0. The lowest BCUT2D eigenvalue weighted by Crippen LogP contribution is -2.54. The highest BCUT2D eigenvalue weighted by atomic mass is 19.4. The van der Waals surface area contributed by atoms with Gasteiger partial charge in [0, 0.05) is 82.4 Å². The van der Waals surface area contributed by atoms with Gasteiger partial charge in [0.05, 0.1) is 25.4 Å². The first kappa shape index (κ1) is 30.3. The Morgan fingerprint density at radius 1 is 1.00 bits per heavy atom. The summed E-state index contributed by atoms with van der Waals surface area (Å²) in [5.74, 6) is 0.737. The van der Waals surface area contributed by atoms with Gasteiger partial charge in [0.15, 0.2) is 0 Å². The van der Waals surface area contributed by atoms with Gasteiger partial charge in [0.2, 0.25) is 0 Å². The van der Waals surface area contributed by atoms with E-state index >= 15 is 0 Å². The molecule has 0 saturated carbocycles. The number of hydrogen-bond donors (Lipinski definition) is 1. The summed E-state index contributed by atoms with van der Waals surface area (Å²) >= 11 is 0. The number of carbonyl (C=O) groups excluding carboxylic acids is 1. The maximum absolute atomic E-state index is 13.5. The molecule has 230 valence electrons. The predicted octanol–water partition coefficient (Wildman–Crippen LogP) is 3.14. The number of anilines is 2. The molecule has 0 spiro atoms. The fourth-order valence-corrected chi connectivity index (χ4v) is 6.04. The largest absolute Gasteiger partial charge is 0.497 e. The minimum atomic E-state index is -4.46. The molecule has 1 aromatic carbocycles. The van der Waals surface area contributed by atoms with Crippen LogP contribution in [0, 0.1) is 6.92 Å². The van der Waals surface area contributed by atoms with E-state index in [1.807, 2.05) is 16.7 Å². The van der Waals surface area contributed by atoms with Crippen LogP contribution in [0.15, 0.2) is 24.5 Å². The van der Waals surface area contributed by atoms with E-state index in [1.165, 1.54) is 13.4 Å². The normalized spacial score (nSPS) is 22.4. The molecule has 0 radical (unpaired) electrons.